The van der Waals surface area contributed by atoms with Crippen LogP contribution in [0.15, 0.2) is 12.1 Å². The summed E-state index contributed by atoms with van der Waals surface area (Å²) in [5.41, 5.74) is 0. The number of nitrogens with two attached hydrogens (primary N) is 1. The van der Waals surface area contributed by atoms with E-state index in [9.17, 15) is 8.42 Å². The lowest BCUT2D eigenvalue weighted by molar-refractivity contribution is 0.225. The molecule has 4 nitrogen and oxygen atoms in total. The van der Waals surface area contributed by atoms with Crippen LogP contribution in [0.5, 0.6) is 5.75 Å². The van der Waals surface area contributed by atoms with Crippen molar-refractivity contribution in [3.63, 3.8) is 0 Å². The van der Waals surface area contributed by atoms with Gasteiger partial charge in [-0.25, -0.2) is 13.6 Å². The Morgan fingerprint density at radius 3 is 2.20 bits per heavy atom. The van der Waals surface area contributed by atoms with E-state index in [1.807, 2.05) is 13.8 Å². The van der Waals surface area contributed by atoms with E-state index in [-0.39, 0.29) is 24.2 Å². The zero-order valence-corrected chi connectivity index (χ0v) is 14.2. The predicted octanol–water partition coefficient (Wildman–Crippen LogP) is 3.59. The molecule has 1 unspecified atom stereocenters. The van der Waals surface area contributed by atoms with Gasteiger partial charge in [0.25, 0.3) is 0 Å². The van der Waals surface area contributed by atoms with Crippen molar-refractivity contribution < 1.29 is 13.2 Å². The number of benzene rings is 1. The van der Waals surface area contributed by atoms with E-state index in [2.05, 4.69) is 0 Å². The van der Waals surface area contributed by atoms with Gasteiger partial charge in [-0.3, -0.25) is 0 Å². The van der Waals surface area contributed by atoms with Crippen LogP contribution in [0, 0.1) is 11.8 Å². The highest BCUT2D eigenvalue weighted by atomic mass is 35.5. The molecule has 114 valence electrons. The molecule has 8 heteroatoms. The summed E-state index contributed by atoms with van der Waals surface area (Å²) < 4.78 is 27.9. The average Bonchev–Trinajstić information content (AvgIpc) is 2.28. The fourth-order valence-electron chi connectivity index (χ4n) is 1.54. The summed E-state index contributed by atoms with van der Waals surface area (Å²) in [6.07, 6.45) is 0. The zero-order valence-electron chi connectivity index (χ0n) is 11.1. The number of halogens is 3. The van der Waals surface area contributed by atoms with Gasteiger partial charge in [-0.2, -0.15) is 0 Å². The fraction of sp³-hybridized carbons (Fsp3) is 0.500. The Balaban J connectivity index is 2.80. The molecule has 0 heterocycles. The quantitative estimate of drug-likeness (QED) is 0.788. The number of hydrogen-bond donors (Lipinski definition) is 1. The highest BCUT2D eigenvalue weighted by Crippen LogP contribution is 2.34. The Hall–Kier alpha value is -0.200. The van der Waals surface area contributed by atoms with Gasteiger partial charge < -0.3 is 4.74 Å². The Bertz CT molecular complexity index is 576. The summed E-state index contributed by atoms with van der Waals surface area (Å²) in [5, 5.41) is 6.03. The first kappa shape index (κ1) is 17.9. The molecule has 0 aromatic heterocycles. The van der Waals surface area contributed by atoms with Gasteiger partial charge in [-0.05, 0) is 12.0 Å². The molecule has 0 aliphatic carbocycles. The highest BCUT2D eigenvalue weighted by Gasteiger charge is 2.21. The molecule has 0 bridgehead atoms. The van der Waals surface area contributed by atoms with Crippen LogP contribution in [-0.2, 0) is 10.0 Å². The number of ether oxygens (including phenoxy) is 1. The normalized spacial score (nSPS) is 13.6. The van der Waals surface area contributed by atoms with Crippen LogP contribution in [-0.4, -0.2) is 20.8 Å². The second-order valence-corrected chi connectivity index (χ2v) is 7.72. The molecule has 0 fully saturated rings. The number of rotatable bonds is 6. The van der Waals surface area contributed by atoms with Crippen molar-refractivity contribution in [2.24, 2.45) is 17.0 Å². The molecule has 20 heavy (non-hydrogen) atoms. The third-order valence-electron chi connectivity index (χ3n) is 2.82. The Labute approximate surface area is 134 Å². The van der Waals surface area contributed by atoms with E-state index in [1.54, 1.807) is 0 Å². The van der Waals surface area contributed by atoms with Crippen molar-refractivity contribution in [3.8, 4) is 5.75 Å². The monoisotopic (exact) mass is 359 g/mol. The molecule has 0 saturated heterocycles. The van der Waals surface area contributed by atoms with Crippen molar-refractivity contribution in [2.75, 3.05) is 12.4 Å². The summed E-state index contributed by atoms with van der Waals surface area (Å²) in [7, 11) is -3.56. The molecule has 1 atom stereocenters. The largest absolute Gasteiger partial charge is 0.492 e. The summed E-state index contributed by atoms with van der Waals surface area (Å²) in [5.74, 6) is 0.0652. The molecule has 1 aromatic carbocycles. The molecule has 1 rings (SSSR count). The van der Waals surface area contributed by atoms with Crippen LogP contribution in [0.4, 0.5) is 0 Å². The third kappa shape index (κ3) is 5.66. The molecule has 1 aromatic rings. The second kappa shape index (κ2) is 7.18. The van der Waals surface area contributed by atoms with Crippen LogP contribution >= 0.6 is 34.8 Å². The predicted molar refractivity (Wildman–Crippen MR) is 83.3 cm³/mol. The molecule has 0 saturated carbocycles. The molecule has 0 aliphatic rings. The van der Waals surface area contributed by atoms with E-state index >= 15 is 0 Å². The Morgan fingerprint density at radius 1 is 1.15 bits per heavy atom. The molecular weight excluding hydrogens is 345 g/mol. The number of hydrogen-bond acceptors (Lipinski definition) is 3. The SMILES string of the molecule is CC(C)C(COc1cc(Cl)c(Cl)cc1Cl)CS(N)(=O)=O. The lowest BCUT2D eigenvalue weighted by Gasteiger charge is -2.20. The van der Waals surface area contributed by atoms with E-state index in [0.717, 1.165) is 0 Å². The van der Waals surface area contributed by atoms with Crippen LogP contribution in [0.25, 0.3) is 0 Å². The van der Waals surface area contributed by atoms with Crippen LogP contribution in [0.2, 0.25) is 15.1 Å². The first-order valence-corrected chi connectivity index (χ1v) is 8.73. The summed E-state index contributed by atoms with van der Waals surface area (Å²) in [6, 6.07) is 2.98. The number of primary sulfonamides is 1. The minimum Gasteiger partial charge on any atom is -0.492 e. The molecule has 0 amide bonds. The van der Waals surface area contributed by atoms with Gasteiger partial charge in [0.1, 0.15) is 5.75 Å². The molecule has 2 N–H and O–H groups in total. The standard InChI is InChI=1S/C12H16Cl3NO3S/c1-7(2)8(6-20(16,17)18)5-19-12-4-10(14)9(13)3-11(12)15/h3-4,7-8H,5-6H2,1-2H3,(H2,16,17,18). The van der Waals surface area contributed by atoms with Crippen molar-refractivity contribution in [1.29, 1.82) is 0 Å². The maximum absolute atomic E-state index is 11.2. The Kier molecular flexibility index (Phi) is 6.41. The molecule has 0 spiro atoms. The van der Waals surface area contributed by atoms with Gasteiger partial charge in [-0.15, -0.1) is 0 Å². The van der Waals surface area contributed by atoms with E-state index in [0.29, 0.717) is 20.8 Å². The first-order valence-electron chi connectivity index (χ1n) is 5.88. The van der Waals surface area contributed by atoms with Gasteiger partial charge in [0.15, 0.2) is 0 Å². The van der Waals surface area contributed by atoms with Crippen molar-refractivity contribution in [3.05, 3.63) is 27.2 Å². The first-order chi connectivity index (χ1) is 9.10. The molecular formula is C12H16Cl3NO3S. The Morgan fingerprint density at radius 2 is 1.70 bits per heavy atom. The smallest absolute Gasteiger partial charge is 0.209 e. The topological polar surface area (TPSA) is 69.4 Å². The third-order valence-corrected chi connectivity index (χ3v) is 4.73. The highest BCUT2D eigenvalue weighted by molar-refractivity contribution is 7.89. The lowest BCUT2D eigenvalue weighted by Crippen LogP contribution is -2.30. The minimum absolute atomic E-state index is 0.0925. The van der Waals surface area contributed by atoms with Gasteiger partial charge >= 0.3 is 0 Å². The van der Waals surface area contributed by atoms with Crippen molar-refractivity contribution >= 4 is 44.8 Å². The summed E-state index contributed by atoms with van der Waals surface area (Å²) in [6.45, 7) is 3.97. The van der Waals surface area contributed by atoms with Gasteiger partial charge in [0.2, 0.25) is 10.0 Å². The van der Waals surface area contributed by atoms with Crippen LogP contribution in [0.3, 0.4) is 0 Å². The lowest BCUT2D eigenvalue weighted by atomic mass is 9.99. The molecule has 0 aliphatic heterocycles. The summed E-state index contributed by atoms with van der Waals surface area (Å²) in [4.78, 5) is 0. The average molecular weight is 361 g/mol. The van der Waals surface area contributed by atoms with Crippen molar-refractivity contribution in [1.82, 2.24) is 0 Å². The fourth-order valence-corrected chi connectivity index (χ4v) is 3.21. The van der Waals surface area contributed by atoms with Crippen molar-refractivity contribution in [2.45, 2.75) is 13.8 Å². The van der Waals surface area contributed by atoms with Gasteiger partial charge in [0, 0.05) is 12.0 Å². The van der Waals surface area contributed by atoms with E-state index in [1.165, 1.54) is 12.1 Å². The van der Waals surface area contributed by atoms with Gasteiger partial charge in [-0.1, -0.05) is 48.7 Å². The van der Waals surface area contributed by atoms with E-state index in [4.69, 9.17) is 44.7 Å². The summed E-state index contributed by atoms with van der Waals surface area (Å²) >= 11 is 17.7. The molecule has 0 radical (unpaired) electrons. The maximum Gasteiger partial charge on any atom is 0.209 e. The van der Waals surface area contributed by atoms with Crippen LogP contribution < -0.4 is 9.88 Å². The second-order valence-electron chi connectivity index (χ2n) is 4.84. The van der Waals surface area contributed by atoms with Gasteiger partial charge in [0.05, 0.1) is 27.4 Å². The number of sulfonamides is 1. The van der Waals surface area contributed by atoms with Crippen LogP contribution in [0.1, 0.15) is 13.8 Å². The zero-order chi connectivity index (χ0) is 15.5. The van der Waals surface area contributed by atoms with E-state index < -0.39 is 10.0 Å². The maximum atomic E-state index is 11.2. The minimum atomic E-state index is -3.56.